The van der Waals surface area contributed by atoms with Gasteiger partial charge < -0.3 is 15.0 Å². The summed E-state index contributed by atoms with van der Waals surface area (Å²) in [5.74, 6) is 2.06. The van der Waals surface area contributed by atoms with Gasteiger partial charge in [-0.3, -0.25) is 0 Å². The Kier molecular flexibility index (Phi) is 30.7. The Balaban J connectivity index is -0.000000665. The topological polar surface area (TPSA) is 58.1 Å². The molecule has 0 bridgehead atoms. The monoisotopic (exact) mass is 640 g/mol. The molecule has 5 nitrogen and oxygen atoms in total. The molecule has 3 atom stereocenters. The van der Waals surface area contributed by atoms with Gasteiger partial charge in [0.05, 0.1) is 5.69 Å². The van der Waals surface area contributed by atoms with E-state index >= 15 is 0 Å². The van der Waals surface area contributed by atoms with Crippen molar-refractivity contribution >= 4 is 23.7 Å². The van der Waals surface area contributed by atoms with Crippen LogP contribution in [0.25, 0.3) is 0 Å². The largest absolute Gasteiger partial charge is 0.366 e. The Hall–Kier alpha value is -2.38. The number of hydrogen-bond donors (Lipinski definition) is 1. The van der Waals surface area contributed by atoms with E-state index in [1.165, 1.54) is 45.3 Å². The SMILES string of the molecule is C=C.CC.CC.CCC1CCN(C)CC1CC.CCC=O.CCc1nc(Cl)nc(NCc2cccc(C(C)F)c2F)c1CC. The molecule has 3 unspecified atom stereocenters. The van der Waals surface area contributed by atoms with Crippen LogP contribution in [0, 0.1) is 17.7 Å². The fraction of sp³-hybridized carbons (Fsp3) is 0.639. The highest BCUT2D eigenvalue weighted by Crippen LogP contribution is 2.28. The smallest absolute Gasteiger partial charge is 0.224 e. The first-order valence-electron chi connectivity index (χ1n) is 16.5. The quantitative estimate of drug-likeness (QED) is 0.168. The third-order valence-corrected chi connectivity index (χ3v) is 7.22. The number of piperidine rings is 1. The Bertz CT molecular complexity index is 991. The van der Waals surface area contributed by atoms with Gasteiger partial charge >= 0.3 is 0 Å². The number of alkyl halides is 1. The molecule has 2 heterocycles. The fourth-order valence-electron chi connectivity index (χ4n) is 4.80. The molecule has 0 saturated carbocycles. The molecule has 3 rings (SSSR count). The predicted molar refractivity (Wildman–Crippen MR) is 189 cm³/mol. The van der Waals surface area contributed by atoms with Crippen molar-refractivity contribution < 1.29 is 13.6 Å². The highest BCUT2D eigenvalue weighted by molar-refractivity contribution is 6.28. The summed E-state index contributed by atoms with van der Waals surface area (Å²) in [5.41, 5.74) is 2.30. The van der Waals surface area contributed by atoms with Gasteiger partial charge in [0, 0.05) is 36.2 Å². The predicted octanol–water partition coefficient (Wildman–Crippen LogP) is 10.9. The lowest BCUT2D eigenvalue weighted by Crippen LogP contribution is -2.37. The fourth-order valence-corrected chi connectivity index (χ4v) is 4.98. The third-order valence-electron chi connectivity index (χ3n) is 7.05. The van der Waals surface area contributed by atoms with Gasteiger partial charge in [-0.25, -0.2) is 18.7 Å². The first-order valence-corrected chi connectivity index (χ1v) is 16.9. The standard InChI is InChI=1S/C17H20ClF2N3.C10H21N.C3H6O.2C2H6.C2H4/c1-4-12-14(5-2)22-17(18)23-16(12)21-9-11-7-6-8-13(10(3)19)15(11)20;1-4-9-6-7-11(3)8-10(9)5-2;1-2-3-4;3*1-2/h6-8,10H,4-5,9H2,1-3H3,(H,21,22,23);9-10H,4-8H2,1-3H3;3H,2H2,1H3;2*1-2H3;1-2H2. The molecular weight excluding hydrogens is 578 g/mol. The Labute approximate surface area is 274 Å². The molecule has 0 spiro atoms. The summed E-state index contributed by atoms with van der Waals surface area (Å²) >= 11 is 5.95. The zero-order chi connectivity index (χ0) is 34.7. The van der Waals surface area contributed by atoms with E-state index in [0.29, 0.717) is 17.8 Å². The number of aromatic nitrogens is 2. The number of rotatable bonds is 9. The van der Waals surface area contributed by atoms with Crippen LogP contribution in [0.2, 0.25) is 5.28 Å². The summed E-state index contributed by atoms with van der Waals surface area (Å²) in [5, 5.41) is 3.27. The number of anilines is 1. The van der Waals surface area contributed by atoms with Crippen molar-refractivity contribution in [2.24, 2.45) is 11.8 Å². The van der Waals surface area contributed by atoms with Crippen molar-refractivity contribution in [1.82, 2.24) is 14.9 Å². The molecule has 1 saturated heterocycles. The van der Waals surface area contributed by atoms with Gasteiger partial charge in [0.25, 0.3) is 0 Å². The minimum Gasteiger partial charge on any atom is -0.366 e. The van der Waals surface area contributed by atoms with Crippen LogP contribution in [0.5, 0.6) is 0 Å². The Morgan fingerprint density at radius 3 is 2.07 bits per heavy atom. The van der Waals surface area contributed by atoms with Crippen molar-refractivity contribution in [2.45, 2.75) is 120 Å². The number of nitrogens with zero attached hydrogens (tertiary/aromatic N) is 3. The molecule has 44 heavy (non-hydrogen) atoms. The minimum atomic E-state index is -1.35. The van der Waals surface area contributed by atoms with Gasteiger partial charge in [-0.15, -0.1) is 13.2 Å². The van der Waals surface area contributed by atoms with E-state index in [2.05, 4.69) is 54.2 Å². The van der Waals surface area contributed by atoms with Gasteiger partial charge in [-0.2, -0.15) is 0 Å². The van der Waals surface area contributed by atoms with E-state index in [9.17, 15) is 13.6 Å². The van der Waals surface area contributed by atoms with Crippen molar-refractivity contribution in [3.8, 4) is 0 Å². The van der Waals surface area contributed by atoms with Gasteiger partial charge in [0.15, 0.2) is 0 Å². The summed E-state index contributed by atoms with van der Waals surface area (Å²) in [6.45, 7) is 28.6. The van der Waals surface area contributed by atoms with Crippen LogP contribution in [0.1, 0.15) is 123 Å². The molecule has 1 aromatic carbocycles. The van der Waals surface area contributed by atoms with Crippen LogP contribution in [0.4, 0.5) is 14.6 Å². The lowest BCUT2D eigenvalue weighted by atomic mass is 9.82. The average Bonchev–Trinajstić information content (AvgIpc) is 3.06. The maximum atomic E-state index is 14.3. The second-order valence-electron chi connectivity index (χ2n) is 9.73. The second kappa shape index (κ2) is 29.3. The maximum absolute atomic E-state index is 14.3. The molecule has 254 valence electrons. The van der Waals surface area contributed by atoms with E-state index in [4.69, 9.17) is 11.6 Å². The number of likely N-dealkylation sites (tertiary alicyclic amines) is 1. The average molecular weight is 641 g/mol. The molecule has 1 aromatic heterocycles. The zero-order valence-corrected chi connectivity index (χ0v) is 30.5. The maximum Gasteiger partial charge on any atom is 0.224 e. The lowest BCUT2D eigenvalue weighted by Gasteiger charge is -2.35. The number of aldehydes is 1. The molecule has 1 N–H and O–H groups in total. The highest BCUT2D eigenvalue weighted by atomic mass is 35.5. The third kappa shape index (κ3) is 17.2. The summed E-state index contributed by atoms with van der Waals surface area (Å²) in [4.78, 5) is 20.1. The van der Waals surface area contributed by atoms with Crippen LogP contribution in [-0.2, 0) is 24.2 Å². The summed E-state index contributed by atoms with van der Waals surface area (Å²) in [6, 6.07) is 4.73. The van der Waals surface area contributed by atoms with Crippen LogP contribution >= 0.6 is 11.6 Å². The summed E-state index contributed by atoms with van der Waals surface area (Å²) in [7, 11) is 2.24. The molecule has 1 aliphatic rings. The van der Waals surface area contributed by atoms with Crippen LogP contribution in [0.3, 0.4) is 0 Å². The van der Waals surface area contributed by atoms with Crippen molar-refractivity contribution in [2.75, 3.05) is 25.5 Å². The van der Waals surface area contributed by atoms with Gasteiger partial charge in [0.2, 0.25) is 5.28 Å². The van der Waals surface area contributed by atoms with E-state index in [1.54, 1.807) is 12.1 Å². The first-order chi connectivity index (χ1) is 21.2. The molecule has 0 amide bonds. The number of benzene rings is 1. The molecule has 1 fully saturated rings. The molecule has 2 aromatic rings. The number of halogens is 3. The first kappa shape index (κ1) is 46.0. The van der Waals surface area contributed by atoms with Crippen molar-refractivity contribution in [3.05, 3.63) is 64.8 Å². The molecular formula is C36H63ClF2N4O. The zero-order valence-electron chi connectivity index (χ0n) is 29.7. The highest BCUT2D eigenvalue weighted by Gasteiger charge is 2.24. The van der Waals surface area contributed by atoms with E-state index in [-0.39, 0.29) is 17.4 Å². The normalized spacial score (nSPS) is 15.9. The van der Waals surface area contributed by atoms with E-state index in [1.807, 2.05) is 48.5 Å². The van der Waals surface area contributed by atoms with Crippen molar-refractivity contribution in [1.29, 1.82) is 0 Å². The lowest BCUT2D eigenvalue weighted by molar-refractivity contribution is -0.107. The van der Waals surface area contributed by atoms with Crippen LogP contribution in [0.15, 0.2) is 31.4 Å². The summed E-state index contributed by atoms with van der Waals surface area (Å²) in [6.07, 6.45) is 5.82. The minimum absolute atomic E-state index is 0.0648. The summed E-state index contributed by atoms with van der Waals surface area (Å²) < 4.78 is 27.7. The number of carbonyl (C=O) groups is 1. The van der Waals surface area contributed by atoms with E-state index < -0.39 is 12.0 Å². The van der Waals surface area contributed by atoms with Gasteiger partial charge in [-0.1, -0.05) is 93.4 Å². The number of carbonyl (C=O) groups excluding carboxylic acids is 1. The molecule has 0 aliphatic carbocycles. The number of aryl methyl sites for hydroxylation is 1. The molecule has 1 aliphatic heterocycles. The van der Waals surface area contributed by atoms with Crippen LogP contribution < -0.4 is 5.32 Å². The van der Waals surface area contributed by atoms with Gasteiger partial charge in [-0.05, 0) is 63.2 Å². The number of hydrogen-bond acceptors (Lipinski definition) is 5. The Morgan fingerprint density at radius 1 is 1.05 bits per heavy atom. The van der Waals surface area contributed by atoms with Crippen molar-refractivity contribution in [3.63, 3.8) is 0 Å². The van der Waals surface area contributed by atoms with Gasteiger partial charge in [0.1, 0.15) is 24.1 Å². The Morgan fingerprint density at radius 2 is 1.61 bits per heavy atom. The number of nitrogens with one attached hydrogen (secondary N) is 1. The molecule has 0 radical (unpaired) electrons. The molecule has 8 heteroatoms. The second-order valence-corrected chi connectivity index (χ2v) is 10.1. The van der Waals surface area contributed by atoms with Crippen LogP contribution in [-0.4, -0.2) is 41.3 Å². The van der Waals surface area contributed by atoms with E-state index in [0.717, 1.165) is 42.2 Å².